The minimum atomic E-state index is -1.31. The number of carbonyl (C=O) groups is 2. The second kappa shape index (κ2) is 5.36. The van der Waals surface area contributed by atoms with Gasteiger partial charge in [-0.25, -0.2) is 0 Å². The van der Waals surface area contributed by atoms with Gasteiger partial charge in [0.2, 0.25) is 0 Å². The summed E-state index contributed by atoms with van der Waals surface area (Å²) in [6.45, 7) is 0. The summed E-state index contributed by atoms with van der Waals surface area (Å²) < 4.78 is 0.754. The van der Waals surface area contributed by atoms with Crippen molar-refractivity contribution in [3.63, 3.8) is 0 Å². The minimum Gasteiger partial charge on any atom is -0.549 e. The van der Waals surface area contributed by atoms with E-state index < -0.39 is 11.9 Å². The van der Waals surface area contributed by atoms with Gasteiger partial charge in [0.25, 0.3) is 0 Å². The van der Waals surface area contributed by atoms with Crippen molar-refractivity contribution < 1.29 is 19.8 Å². The quantitative estimate of drug-likeness (QED) is 0.547. The summed E-state index contributed by atoms with van der Waals surface area (Å²) in [4.78, 5) is 21.3. The maximum Gasteiger partial charge on any atom is 0.0726 e. The summed E-state index contributed by atoms with van der Waals surface area (Å²) in [5.41, 5.74) is 0.00755. The average Bonchev–Trinajstić information content (AvgIpc) is 2.15. The van der Waals surface area contributed by atoms with Crippen molar-refractivity contribution in [1.82, 2.24) is 0 Å². The first-order chi connectivity index (χ1) is 7.00. The Bertz CT molecular complexity index is 405. The molecule has 0 saturated heterocycles. The number of aliphatic carboxylic acids is 1. The predicted molar refractivity (Wildman–Crippen MR) is 59.2 cm³/mol. The molecule has 1 aromatic carbocycles. The van der Waals surface area contributed by atoms with Crippen molar-refractivity contribution in [3.8, 4) is 0 Å². The van der Waals surface area contributed by atoms with E-state index in [9.17, 15) is 19.8 Å². The highest BCUT2D eigenvalue weighted by atomic mass is 127. The van der Waals surface area contributed by atoms with E-state index >= 15 is 0 Å². The van der Waals surface area contributed by atoms with Crippen LogP contribution in [-0.4, -0.2) is 17.7 Å². The Morgan fingerprint density at radius 3 is 2.53 bits per heavy atom. The molecule has 6 heteroatoms. The van der Waals surface area contributed by atoms with Crippen LogP contribution in [0.2, 0.25) is 0 Å². The summed E-state index contributed by atoms with van der Waals surface area (Å²) in [5, 5.41) is 21.0. The third kappa shape index (κ3) is 3.71. The molecule has 0 aliphatic heterocycles. The maximum atomic E-state index is 10.7. The van der Waals surface area contributed by atoms with E-state index in [4.69, 9.17) is 0 Å². The molecular weight excluding hydrogens is 331 g/mol. The number of thioether (sulfide) groups is 1. The monoisotopic (exact) mass is 336 g/mol. The second-order valence-electron chi connectivity index (χ2n) is 2.59. The molecule has 0 heterocycles. The highest BCUT2D eigenvalue weighted by molar-refractivity contribution is 14.1. The van der Waals surface area contributed by atoms with Crippen LogP contribution in [0.5, 0.6) is 0 Å². The lowest BCUT2D eigenvalue weighted by Crippen LogP contribution is -2.25. The first-order valence-electron chi connectivity index (χ1n) is 3.84. The van der Waals surface area contributed by atoms with E-state index in [1.54, 1.807) is 12.1 Å². The lowest BCUT2D eigenvalue weighted by molar-refractivity contribution is -0.301. The number of carboxylic acid groups (broad SMARTS) is 2. The molecule has 0 aliphatic rings. The van der Waals surface area contributed by atoms with Crippen molar-refractivity contribution in [2.45, 2.75) is 4.90 Å². The number of rotatable bonds is 4. The summed E-state index contributed by atoms with van der Waals surface area (Å²) >= 11 is 2.87. The molecular formula is C9H5IO4S-2. The lowest BCUT2D eigenvalue weighted by Gasteiger charge is -2.10. The van der Waals surface area contributed by atoms with Gasteiger partial charge in [-0.05, 0) is 40.8 Å². The van der Waals surface area contributed by atoms with E-state index in [2.05, 4.69) is 0 Å². The molecule has 0 radical (unpaired) electrons. The number of hydrogen-bond donors (Lipinski definition) is 0. The molecule has 0 spiro atoms. The number of aromatic carboxylic acids is 1. The average molecular weight is 336 g/mol. The van der Waals surface area contributed by atoms with Crippen LogP contribution in [-0.2, 0) is 4.79 Å². The van der Waals surface area contributed by atoms with Crippen molar-refractivity contribution >= 4 is 46.3 Å². The molecule has 0 bridgehead atoms. The second-order valence-corrected chi connectivity index (χ2v) is 4.85. The van der Waals surface area contributed by atoms with Gasteiger partial charge in [0.1, 0.15) is 0 Å². The molecule has 0 aliphatic carbocycles. The van der Waals surface area contributed by atoms with Crippen molar-refractivity contribution in [2.24, 2.45) is 0 Å². The Morgan fingerprint density at radius 2 is 2.00 bits per heavy atom. The van der Waals surface area contributed by atoms with E-state index in [1.807, 2.05) is 22.6 Å². The zero-order chi connectivity index (χ0) is 11.4. The molecule has 0 fully saturated rings. The first kappa shape index (κ1) is 12.3. The Labute approximate surface area is 104 Å². The highest BCUT2D eigenvalue weighted by Crippen LogP contribution is 2.23. The highest BCUT2D eigenvalue weighted by Gasteiger charge is 2.04. The van der Waals surface area contributed by atoms with E-state index in [0.29, 0.717) is 4.90 Å². The van der Waals surface area contributed by atoms with E-state index in [1.165, 1.54) is 6.07 Å². The molecule has 0 atom stereocenters. The van der Waals surface area contributed by atoms with Crippen molar-refractivity contribution in [2.75, 3.05) is 5.75 Å². The van der Waals surface area contributed by atoms with E-state index in [0.717, 1.165) is 15.3 Å². The van der Waals surface area contributed by atoms with Crippen LogP contribution in [0.3, 0.4) is 0 Å². The van der Waals surface area contributed by atoms with Gasteiger partial charge in [-0.2, -0.15) is 0 Å². The number of halogens is 1. The number of hydrogen-bond acceptors (Lipinski definition) is 5. The fourth-order valence-electron chi connectivity index (χ4n) is 0.924. The molecule has 15 heavy (non-hydrogen) atoms. The number of benzene rings is 1. The molecule has 0 N–H and O–H groups in total. The van der Waals surface area contributed by atoms with Crippen LogP contribution in [0.1, 0.15) is 10.4 Å². The fraction of sp³-hybridized carbons (Fsp3) is 0.111. The van der Waals surface area contributed by atoms with Crippen LogP contribution < -0.4 is 10.2 Å². The van der Waals surface area contributed by atoms with Crippen LogP contribution in [0.15, 0.2) is 23.1 Å². The molecule has 0 unspecified atom stereocenters. The van der Waals surface area contributed by atoms with Crippen molar-refractivity contribution in [1.29, 1.82) is 0 Å². The van der Waals surface area contributed by atoms with Crippen LogP contribution in [0.4, 0.5) is 0 Å². The van der Waals surface area contributed by atoms with Gasteiger partial charge < -0.3 is 19.8 Å². The summed E-state index contributed by atoms with van der Waals surface area (Å²) in [5.74, 6) is -2.82. The fourth-order valence-corrected chi connectivity index (χ4v) is 2.15. The van der Waals surface area contributed by atoms with Gasteiger partial charge in [-0.3, -0.25) is 0 Å². The van der Waals surface area contributed by atoms with Gasteiger partial charge in [-0.1, -0.05) is 0 Å². The molecule has 0 amide bonds. The Hall–Kier alpha value is -0.760. The van der Waals surface area contributed by atoms with Gasteiger partial charge >= 0.3 is 0 Å². The summed E-state index contributed by atoms with van der Waals surface area (Å²) in [6.07, 6.45) is 0. The van der Waals surface area contributed by atoms with Gasteiger partial charge in [0.05, 0.1) is 11.9 Å². The first-order valence-corrected chi connectivity index (χ1v) is 5.90. The number of carbonyl (C=O) groups excluding carboxylic acids is 2. The van der Waals surface area contributed by atoms with Crippen LogP contribution >= 0.6 is 34.4 Å². The van der Waals surface area contributed by atoms with E-state index in [-0.39, 0.29) is 11.3 Å². The normalized spacial score (nSPS) is 9.93. The standard InChI is InChI=1S/C9H7IO4S/c10-5-1-2-7(15-4-8(11)12)6(3-5)9(13)14/h1-3H,4H2,(H,11,12)(H,13,14)/p-2. The minimum absolute atomic E-state index is 0.00755. The summed E-state index contributed by atoms with van der Waals surface area (Å²) in [6, 6.07) is 4.69. The van der Waals surface area contributed by atoms with Crippen LogP contribution in [0, 0.1) is 3.57 Å². The van der Waals surface area contributed by atoms with Crippen LogP contribution in [0.25, 0.3) is 0 Å². The molecule has 80 valence electrons. The molecule has 1 aromatic rings. The number of carboxylic acids is 2. The zero-order valence-corrected chi connectivity index (χ0v) is 10.3. The topological polar surface area (TPSA) is 80.3 Å². The van der Waals surface area contributed by atoms with Gasteiger partial charge in [0, 0.05) is 19.8 Å². The predicted octanol–water partition coefficient (Wildman–Crippen LogP) is -0.503. The maximum absolute atomic E-state index is 10.7. The molecule has 4 nitrogen and oxygen atoms in total. The SMILES string of the molecule is O=C([O-])CSc1ccc(I)cc1C(=O)[O-]. The summed E-state index contributed by atoms with van der Waals surface area (Å²) in [7, 11) is 0. The third-order valence-corrected chi connectivity index (χ3v) is 3.23. The van der Waals surface area contributed by atoms with Gasteiger partial charge in [0.15, 0.2) is 0 Å². The molecule has 0 saturated carbocycles. The Kier molecular flexibility index (Phi) is 4.40. The lowest BCUT2D eigenvalue weighted by atomic mass is 10.2. The molecule has 1 rings (SSSR count). The zero-order valence-electron chi connectivity index (χ0n) is 7.36. The third-order valence-electron chi connectivity index (χ3n) is 1.51. The van der Waals surface area contributed by atoms with Gasteiger partial charge in [-0.15, -0.1) is 11.8 Å². The smallest absolute Gasteiger partial charge is 0.0726 e. The van der Waals surface area contributed by atoms with Crippen molar-refractivity contribution in [3.05, 3.63) is 27.3 Å². The largest absolute Gasteiger partial charge is 0.549 e. The Balaban J connectivity index is 2.95. The Morgan fingerprint density at radius 1 is 1.33 bits per heavy atom. The molecule has 0 aromatic heterocycles.